The van der Waals surface area contributed by atoms with Crippen LogP contribution in [-0.2, 0) is 18.5 Å². The van der Waals surface area contributed by atoms with Gasteiger partial charge in [0.15, 0.2) is 5.82 Å². The minimum atomic E-state index is -1.22. The molecule has 11 heteroatoms. The van der Waals surface area contributed by atoms with Gasteiger partial charge in [-0.05, 0) is 18.2 Å². The highest BCUT2D eigenvalue weighted by molar-refractivity contribution is 6.76. The van der Waals surface area contributed by atoms with Crippen LogP contribution in [0.15, 0.2) is 30.7 Å². The maximum atomic E-state index is 14.9. The zero-order valence-corrected chi connectivity index (χ0v) is 20.9. The quantitative estimate of drug-likeness (QED) is 0.201. The normalized spacial score (nSPS) is 11.8. The summed E-state index contributed by atoms with van der Waals surface area (Å²) in [4.78, 5) is 20.2. The number of rotatable bonds is 9. The van der Waals surface area contributed by atoms with E-state index >= 15 is 0 Å². The molecule has 0 unspecified atom stereocenters. The van der Waals surface area contributed by atoms with Crippen molar-refractivity contribution in [2.24, 2.45) is 7.05 Å². The minimum Gasteiger partial charge on any atom is -0.496 e. The summed E-state index contributed by atoms with van der Waals surface area (Å²) in [7, 11) is 2.00. The number of nitrogens with zero attached hydrogens (tertiary/aromatic N) is 6. The number of aromatic nitrogens is 6. The number of ether oxygens (including phenoxy) is 2. The largest absolute Gasteiger partial charge is 0.496 e. The van der Waals surface area contributed by atoms with E-state index in [0.29, 0.717) is 29.6 Å². The summed E-state index contributed by atoms with van der Waals surface area (Å²) >= 11 is 0. The topological polar surface area (TPSA) is 97.0 Å². The van der Waals surface area contributed by atoms with Crippen molar-refractivity contribution in [1.29, 1.82) is 0 Å². The zero-order chi connectivity index (χ0) is 24.5. The summed E-state index contributed by atoms with van der Waals surface area (Å²) in [5.74, 6) is -0.346. The molecule has 0 aliphatic rings. The molecule has 9 nitrogen and oxygen atoms in total. The van der Waals surface area contributed by atoms with Gasteiger partial charge in [-0.15, -0.1) is 0 Å². The fraction of sp³-hybridized carbons (Fsp3) is 0.348. The van der Waals surface area contributed by atoms with E-state index in [0.717, 1.165) is 17.7 Å². The second-order valence-electron chi connectivity index (χ2n) is 9.22. The molecule has 0 atom stereocenters. The molecule has 3 heterocycles. The molecule has 0 amide bonds. The molecule has 0 saturated carbocycles. The second kappa shape index (κ2) is 9.43. The molecule has 0 bridgehead atoms. The van der Waals surface area contributed by atoms with E-state index in [2.05, 4.69) is 34.7 Å². The molecule has 1 aromatic carbocycles. The van der Waals surface area contributed by atoms with Crippen molar-refractivity contribution < 1.29 is 18.7 Å². The van der Waals surface area contributed by atoms with E-state index in [1.165, 1.54) is 13.2 Å². The maximum absolute atomic E-state index is 14.9. The van der Waals surface area contributed by atoms with Gasteiger partial charge in [0.25, 0.3) is 0 Å². The molecule has 0 saturated heterocycles. The number of carbonyl (C=O) groups is 1. The number of hydrogen-bond donors (Lipinski definition) is 0. The Labute approximate surface area is 197 Å². The Morgan fingerprint density at radius 3 is 2.65 bits per heavy atom. The predicted octanol–water partition coefficient (Wildman–Crippen LogP) is 4.17. The molecule has 0 N–H and O–H groups in total. The molecule has 34 heavy (non-hydrogen) atoms. The highest BCUT2D eigenvalue weighted by Crippen LogP contribution is 2.34. The van der Waals surface area contributed by atoms with Gasteiger partial charge in [0, 0.05) is 39.1 Å². The van der Waals surface area contributed by atoms with E-state index < -0.39 is 13.9 Å². The van der Waals surface area contributed by atoms with Crippen LogP contribution in [0.2, 0.25) is 25.7 Å². The van der Waals surface area contributed by atoms with E-state index in [1.54, 1.807) is 21.8 Å². The molecule has 3 aromatic heterocycles. The average Bonchev–Trinajstić information content (AvgIpc) is 3.38. The lowest BCUT2D eigenvalue weighted by molar-refractivity contribution is 0.0818. The van der Waals surface area contributed by atoms with Gasteiger partial charge in [-0.2, -0.15) is 10.2 Å². The van der Waals surface area contributed by atoms with E-state index in [1.807, 2.05) is 13.2 Å². The van der Waals surface area contributed by atoms with Crippen molar-refractivity contribution in [3.05, 3.63) is 42.1 Å². The van der Waals surface area contributed by atoms with Crippen LogP contribution in [0.4, 0.5) is 4.39 Å². The standard InChI is InChI=1S/C23H27FN6O3Si/c1-29-12-16(10-26-29)21-22-18(30(28-21)14-33-6-7-34(3,4)5)11-25-23(27-22)20-17(24)8-15(13-31)9-19(20)32-2/h8-13H,6-7,14H2,1-5H3. The van der Waals surface area contributed by atoms with Crippen LogP contribution in [0, 0.1) is 5.82 Å². The van der Waals surface area contributed by atoms with E-state index in [-0.39, 0.29) is 29.4 Å². The number of halogens is 1. The van der Waals surface area contributed by atoms with Crippen molar-refractivity contribution in [2.75, 3.05) is 13.7 Å². The fourth-order valence-corrected chi connectivity index (χ4v) is 4.25. The van der Waals surface area contributed by atoms with Crippen molar-refractivity contribution in [3.8, 4) is 28.4 Å². The van der Waals surface area contributed by atoms with Crippen LogP contribution in [0.5, 0.6) is 5.75 Å². The number of methoxy groups -OCH3 is 1. The van der Waals surface area contributed by atoms with Gasteiger partial charge in [0.1, 0.15) is 41.3 Å². The Morgan fingerprint density at radius 1 is 1.21 bits per heavy atom. The molecule has 0 aliphatic carbocycles. The van der Waals surface area contributed by atoms with Gasteiger partial charge >= 0.3 is 0 Å². The Bertz CT molecular complexity index is 1340. The van der Waals surface area contributed by atoms with Crippen molar-refractivity contribution in [3.63, 3.8) is 0 Å². The monoisotopic (exact) mass is 482 g/mol. The zero-order valence-electron chi connectivity index (χ0n) is 19.9. The highest BCUT2D eigenvalue weighted by atomic mass is 28.3. The number of fused-ring (bicyclic) bond motifs is 1. The average molecular weight is 483 g/mol. The van der Waals surface area contributed by atoms with Gasteiger partial charge in [0.2, 0.25) is 0 Å². The second-order valence-corrected chi connectivity index (χ2v) is 14.8. The summed E-state index contributed by atoms with van der Waals surface area (Å²) in [5, 5.41) is 8.95. The molecule has 0 aliphatic heterocycles. The maximum Gasteiger partial charge on any atom is 0.166 e. The lowest BCUT2D eigenvalue weighted by atomic mass is 10.1. The number of hydrogen-bond acceptors (Lipinski definition) is 7. The van der Waals surface area contributed by atoms with Crippen molar-refractivity contribution >= 4 is 25.4 Å². The molecule has 4 rings (SSSR count). The molecule has 0 spiro atoms. The Balaban J connectivity index is 1.79. The molecule has 0 fully saturated rings. The molecular formula is C23H27FN6O3Si. The summed E-state index contributed by atoms with van der Waals surface area (Å²) in [6.07, 6.45) is 5.69. The van der Waals surface area contributed by atoms with Gasteiger partial charge in [-0.25, -0.2) is 19.0 Å². The van der Waals surface area contributed by atoms with Crippen LogP contribution in [-0.4, -0.2) is 57.6 Å². The third kappa shape index (κ3) is 4.90. The third-order valence-electron chi connectivity index (χ3n) is 5.34. The van der Waals surface area contributed by atoms with Crippen LogP contribution < -0.4 is 4.74 Å². The van der Waals surface area contributed by atoms with Crippen LogP contribution in [0.25, 0.3) is 33.7 Å². The van der Waals surface area contributed by atoms with E-state index in [4.69, 9.17) is 14.6 Å². The summed E-state index contributed by atoms with van der Waals surface area (Å²) in [6.45, 7) is 7.78. The first-order chi connectivity index (χ1) is 16.2. The third-order valence-corrected chi connectivity index (χ3v) is 7.04. The summed E-state index contributed by atoms with van der Waals surface area (Å²) in [5.41, 5.74) is 2.78. The minimum absolute atomic E-state index is 0.0753. The lowest BCUT2D eigenvalue weighted by Gasteiger charge is -2.15. The van der Waals surface area contributed by atoms with Gasteiger partial charge in [-0.1, -0.05) is 19.6 Å². The Morgan fingerprint density at radius 2 is 2.00 bits per heavy atom. The Hall–Kier alpha value is -3.44. The fourth-order valence-electron chi connectivity index (χ4n) is 3.49. The molecule has 4 aromatic rings. The van der Waals surface area contributed by atoms with Crippen molar-refractivity contribution in [1.82, 2.24) is 29.5 Å². The van der Waals surface area contributed by atoms with Gasteiger partial charge in [0.05, 0.1) is 25.1 Å². The first-order valence-electron chi connectivity index (χ1n) is 10.8. The number of aldehydes is 1. The first-order valence-corrected chi connectivity index (χ1v) is 14.5. The molecule has 178 valence electrons. The number of benzene rings is 1. The van der Waals surface area contributed by atoms with Crippen molar-refractivity contribution in [2.45, 2.75) is 32.4 Å². The summed E-state index contributed by atoms with van der Waals surface area (Å²) in [6, 6.07) is 3.63. The lowest BCUT2D eigenvalue weighted by Crippen LogP contribution is -2.22. The van der Waals surface area contributed by atoms with E-state index in [9.17, 15) is 9.18 Å². The van der Waals surface area contributed by atoms with Crippen LogP contribution in [0.3, 0.4) is 0 Å². The smallest absolute Gasteiger partial charge is 0.166 e. The SMILES string of the molecule is COc1cc(C=O)cc(F)c1-c1ncc2c(n1)c(-c1cnn(C)c1)nn2COCC[Si](C)(C)C. The number of aryl methyl sites for hydroxylation is 1. The molecular weight excluding hydrogens is 455 g/mol. The van der Waals surface area contributed by atoms with Gasteiger partial charge < -0.3 is 9.47 Å². The number of carbonyl (C=O) groups excluding carboxylic acids is 1. The Kier molecular flexibility index (Phi) is 6.58. The van der Waals surface area contributed by atoms with Crippen LogP contribution >= 0.6 is 0 Å². The van der Waals surface area contributed by atoms with Gasteiger partial charge in [-0.3, -0.25) is 9.48 Å². The summed E-state index contributed by atoms with van der Waals surface area (Å²) < 4.78 is 29.5. The highest BCUT2D eigenvalue weighted by Gasteiger charge is 2.21. The molecule has 0 radical (unpaired) electrons. The predicted molar refractivity (Wildman–Crippen MR) is 129 cm³/mol. The van der Waals surface area contributed by atoms with Crippen LogP contribution in [0.1, 0.15) is 10.4 Å². The first kappa shape index (κ1) is 23.7.